The number of phenolic OH excluding ortho intramolecular Hbond substituents is 1. The molecule has 0 atom stereocenters. The summed E-state index contributed by atoms with van der Waals surface area (Å²) < 4.78 is 5.33. The van der Waals surface area contributed by atoms with Gasteiger partial charge in [0.25, 0.3) is 0 Å². The maximum atomic E-state index is 12.7. The minimum atomic E-state index is -0.155. The Labute approximate surface area is 165 Å². The molecule has 0 bridgehead atoms. The molecule has 0 radical (unpaired) electrons. The molecule has 1 aromatic heterocycles. The van der Waals surface area contributed by atoms with Gasteiger partial charge in [0.2, 0.25) is 5.88 Å². The van der Waals surface area contributed by atoms with E-state index >= 15 is 0 Å². The lowest BCUT2D eigenvalue weighted by Gasteiger charge is -2.36. The van der Waals surface area contributed by atoms with Crippen molar-refractivity contribution >= 4 is 17.4 Å². The Kier molecular flexibility index (Phi) is 5.92. The molecular formula is C21H28N4O3. The Morgan fingerprint density at radius 1 is 1.18 bits per heavy atom. The third kappa shape index (κ3) is 4.30. The van der Waals surface area contributed by atoms with E-state index in [1.165, 1.54) is 0 Å². The van der Waals surface area contributed by atoms with Gasteiger partial charge in [-0.15, -0.1) is 0 Å². The number of aromatic hydroxyl groups is 1. The molecule has 0 spiro atoms. The fraction of sp³-hybridized carbons (Fsp3) is 0.429. The van der Waals surface area contributed by atoms with E-state index in [0.29, 0.717) is 37.7 Å². The first-order valence-electron chi connectivity index (χ1n) is 9.57. The maximum absolute atomic E-state index is 12.7. The standard InChI is InChI=1S/C21H28N4O3/c1-5-16-12-19(20(28-4)22-15(16)3)23-21(27)25-8-6-24(7-9-25)17-10-14(2)11-18(26)13-17/h10-13,26H,5-9H2,1-4H3,(H,23,27). The van der Waals surface area contributed by atoms with Crippen molar-refractivity contribution in [1.29, 1.82) is 0 Å². The number of nitrogens with zero attached hydrogens (tertiary/aromatic N) is 3. The number of hydrogen-bond donors (Lipinski definition) is 2. The molecule has 3 rings (SSSR count). The number of piperazine rings is 1. The number of pyridine rings is 1. The van der Waals surface area contributed by atoms with Gasteiger partial charge in [0.1, 0.15) is 11.4 Å². The summed E-state index contributed by atoms with van der Waals surface area (Å²) in [7, 11) is 1.55. The normalized spacial score (nSPS) is 14.1. The number of urea groups is 1. The third-order valence-corrected chi connectivity index (χ3v) is 5.08. The van der Waals surface area contributed by atoms with E-state index in [1.54, 1.807) is 24.1 Å². The van der Waals surface area contributed by atoms with Crippen molar-refractivity contribution in [1.82, 2.24) is 9.88 Å². The van der Waals surface area contributed by atoms with Crippen LogP contribution in [0.3, 0.4) is 0 Å². The van der Waals surface area contributed by atoms with Gasteiger partial charge < -0.3 is 25.0 Å². The average molecular weight is 384 g/mol. The number of amides is 2. The van der Waals surface area contributed by atoms with Gasteiger partial charge in [0.15, 0.2) is 0 Å². The number of ether oxygens (including phenoxy) is 1. The topological polar surface area (TPSA) is 77.9 Å². The summed E-state index contributed by atoms with van der Waals surface area (Å²) in [5.41, 5.74) is 4.59. The van der Waals surface area contributed by atoms with Crippen LogP contribution in [0.4, 0.5) is 16.2 Å². The van der Waals surface area contributed by atoms with Gasteiger partial charge in [-0.2, -0.15) is 0 Å². The first-order chi connectivity index (χ1) is 13.4. The van der Waals surface area contributed by atoms with Crippen LogP contribution in [0.15, 0.2) is 24.3 Å². The SMILES string of the molecule is CCc1cc(NC(=O)N2CCN(c3cc(C)cc(O)c3)CC2)c(OC)nc1C. The van der Waals surface area contributed by atoms with E-state index in [4.69, 9.17) is 4.74 Å². The van der Waals surface area contributed by atoms with E-state index in [9.17, 15) is 9.90 Å². The minimum Gasteiger partial charge on any atom is -0.508 e. The van der Waals surface area contributed by atoms with Crippen LogP contribution in [0.5, 0.6) is 11.6 Å². The Hall–Kier alpha value is -2.96. The zero-order valence-corrected chi connectivity index (χ0v) is 17.0. The fourth-order valence-electron chi connectivity index (χ4n) is 3.52. The Bertz CT molecular complexity index is 841. The molecule has 0 aliphatic carbocycles. The summed E-state index contributed by atoms with van der Waals surface area (Å²) in [5, 5.41) is 12.8. The van der Waals surface area contributed by atoms with E-state index in [0.717, 1.165) is 28.9 Å². The van der Waals surface area contributed by atoms with Gasteiger partial charge in [0.05, 0.1) is 7.11 Å². The molecule has 2 heterocycles. The number of rotatable bonds is 4. The fourth-order valence-corrected chi connectivity index (χ4v) is 3.52. The lowest BCUT2D eigenvalue weighted by atomic mass is 10.1. The summed E-state index contributed by atoms with van der Waals surface area (Å²) in [4.78, 5) is 21.2. The Morgan fingerprint density at radius 3 is 2.50 bits per heavy atom. The van der Waals surface area contributed by atoms with E-state index in [-0.39, 0.29) is 11.8 Å². The quantitative estimate of drug-likeness (QED) is 0.845. The van der Waals surface area contributed by atoms with Crippen molar-refractivity contribution in [2.45, 2.75) is 27.2 Å². The highest BCUT2D eigenvalue weighted by Crippen LogP contribution is 2.27. The maximum Gasteiger partial charge on any atom is 0.322 e. The molecule has 150 valence electrons. The number of aryl methyl sites for hydroxylation is 3. The van der Waals surface area contributed by atoms with Crippen LogP contribution >= 0.6 is 0 Å². The molecule has 1 aromatic carbocycles. The zero-order valence-electron chi connectivity index (χ0n) is 17.0. The van der Waals surface area contributed by atoms with E-state index in [1.807, 2.05) is 26.0 Å². The molecule has 28 heavy (non-hydrogen) atoms. The van der Waals surface area contributed by atoms with Gasteiger partial charge in [-0.1, -0.05) is 6.92 Å². The summed E-state index contributed by atoms with van der Waals surface area (Å²) in [6.45, 7) is 8.57. The highest BCUT2D eigenvalue weighted by molar-refractivity contribution is 5.91. The summed E-state index contributed by atoms with van der Waals surface area (Å²) in [5.74, 6) is 0.692. The molecule has 7 nitrogen and oxygen atoms in total. The van der Waals surface area contributed by atoms with Gasteiger partial charge in [-0.25, -0.2) is 9.78 Å². The summed E-state index contributed by atoms with van der Waals surface area (Å²) >= 11 is 0. The van der Waals surface area contributed by atoms with E-state index in [2.05, 4.69) is 22.1 Å². The third-order valence-electron chi connectivity index (χ3n) is 5.08. The zero-order chi connectivity index (χ0) is 20.3. The first-order valence-corrected chi connectivity index (χ1v) is 9.57. The number of carbonyl (C=O) groups is 1. The van der Waals surface area contributed by atoms with Crippen molar-refractivity contribution in [3.8, 4) is 11.6 Å². The predicted octanol–water partition coefficient (Wildman–Crippen LogP) is 3.33. The molecule has 0 unspecified atom stereocenters. The minimum absolute atomic E-state index is 0.155. The highest BCUT2D eigenvalue weighted by Gasteiger charge is 2.23. The van der Waals surface area contributed by atoms with Crippen molar-refractivity contribution in [2.75, 3.05) is 43.5 Å². The largest absolute Gasteiger partial charge is 0.508 e. The molecular weight excluding hydrogens is 356 g/mol. The number of anilines is 2. The van der Waals surface area contributed by atoms with Gasteiger partial charge in [0, 0.05) is 43.6 Å². The van der Waals surface area contributed by atoms with Crippen molar-refractivity contribution in [3.05, 3.63) is 41.1 Å². The smallest absolute Gasteiger partial charge is 0.322 e. The Balaban J connectivity index is 1.66. The lowest BCUT2D eigenvalue weighted by Crippen LogP contribution is -2.50. The molecule has 7 heteroatoms. The van der Waals surface area contributed by atoms with E-state index < -0.39 is 0 Å². The van der Waals surface area contributed by atoms with Crippen LogP contribution in [-0.2, 0) is 6.42 Å². The Morgan fingerprint density at radius 2 is 1.89 bits per heavy atom. The van der Waals surface area contributed by atoms with Crippen LogP contribution in [0.1, 0.15) is 23.7 Å². The number of methoxy groups -OCH3 is 1. The molecule has 1 aliphatic heterocycles. The van der Waals surface area contributed by atoms with Crippen molar-refractivity contribution in [2.24, 2.45) is 0 Å². The second kappa shape index (κ2) is 8.37. The molecule has 0 saturated carbocycles. The van der Waals surface area contributed by atoms with Gasteiger partial charge in [-0.05, 0) is 49.6 Å². The lowest BCUT2D eigenvalue weighted by molar-refractivity contribution is 0.208. The monoisotopic (exact) mass is 384 g/mol. The summed E-state index contributed by atoms with van der Waals surface area (Å²) in [6, 6.07) is 7.33. The van der Waals surface area contributed by atoms with Crippen LogP contribution in [-0.4, -0.2) is 54.3 Å². The number of aromatic nitrogens is 1. The molecule has 2 amide bonds. The molecule has 1 aliphatic rings. The molecule has 2 N–H and O–H groups in total. The molecule has 1 saturated heterocycles. The second-order valence-electron chi connectivity index (χ2n) is 7.07. The predicted molar refractivity (Wildman–Crippen MR) is 111 cm³/mol. The van der Waals surface area contributed by atoms with Crippen molar-refractivity contribution in [3.63, 3.8) is 0 Å². The van der Waals surface area contributed by atoms with Crippen LogP contribution < -0.4 is 15.0 Å². The molecule has 1 fully saturated rings. The number of carbonyl (C=O) groups excluding carboxylic acids is 1. The second-order valence-corrected chi connectivity index (χ2v) is 7.07. The molecule has 2 aromatic rings. The highest BCUT2D eigenvalue weighted by atomic mass is 16.5. The van der Waals surface area contributed by atoms with Gasteiger partial charge in [-0.3, -0.25) is 0 Å². The number of hydrogen-bond acceptors (Lipinski definition) is 5. The van der Waals surface area contributed by atoms with Crippen molar-refractivity contribution < 1.29 is 14.6 Å². The average Bonchev–Trinajstić information content (AvgIpc) is 2.68. The number of phenols is 1. The number of benzene rings is 1. The van der Waals surface area contributed by atoms with Crippen LogP contribution in [0.25, 0.3) is 0 Å². The first kappa shape index (κ1) is 19.8. The summed E-state index contributed by atoms with van der Waals surface area (Å²) in [6.07, 6.45) is 0.841. The van der Waals surface area contributed by atoms with Crippen LogP contribution in [0.2, 0.25) is 0 Å². The van der Waals surface area contributed by atoms with Crippen LogP contribution in [0, 0.1) is 13.8 Å². The number of nitrogens with one attached hydrogen (secondary N) is 1. The van der Waals surface area contributed by atoms with Gasteiger partial charge >= 0.3 is 6.03 Å².